The number of hydrogen-bond acceptors (Lipinski definition) is 4. The zero-order chi connectivity index (χ0) is 14.9. The van der Waals surface area contributed by atoms with Gasteiger partial charge >= 0.3 is 12.1 Å². The maximum absolute atomic E-state index is 12.1. The highest BCUT2D eigenvalue weighted by Gasteiger charge is 2.48. The minimum atomic E-state index is -0.506. The van der Waals surface area contributed by atoms with Crippen LogP contribution in [0, 0.1) is 17.8 Å². The third kappa shape index (κ3) is 3.64. The quantitative estimate of drug-likeness (QED) is 0.747. The minimum absolute atomic E-state index is 0.171. The molecule has 2 atom stereocenters. The lowest BCUT2D eigenvalue weighted by molar-refractivity contribution is -0.149. The van der Waals surface area contributed by atoms with Crippen molar-refractivity contribution < 1.29 is 19.1 Å². The van der Waals surface area contributed by atoms with Crippen molar-refractivity contribution in [3.63, 3.8) is 0 Å². The van der Waals surface area contributed by atoms with Gasteiger partial charge in [-0.05, 0) is 52.4 Å². The van der Waals surface area contributed by atoms with Crippen molar-refractivity contribution in [2.45, 2.75) is 46.1 Å². The summed E-state index contributed by atoms with van der Waals surface area (Å²) in [5.74, 6) is 0.448. The lowest BCUT2D eigenvalue weighted by Gasteiger charge is -2.24. The van der Waals surface area contributed by atoms with Crippen LogP contribution in [-0.2, 0) is 14.3 Å². The van der Waals surface area contributed by atoms with Gasteiger partial charge in [-0.3, -0.25) is 4.79 Å². The summed E-state index contributed by atoms with van der Waals surface area (Å²) >= 11 is 0. The highest BCUT2D eigenvalue weighted by atomic mass is 16.6. The molecule has 5 nitrogen and oxygen atoms in total. The van der Waals surface area contributed by atoms with Gasteiger partial charge in [0.05, 0.1) is 12.5 Å². The highest BCUT2D eigenvalue weighted by molar-refractivity contribution is 5.76. The molecule has 114 valence electrons. The van der Waals surface area contributed by atoms with Gasteiger partial charge in [0.1, 0.15) is 5.60 Å². The monoisotopic (exact) mass is 283 g/mol. The molecule has 0 spiro atoms. The second-order valence-corrected chi connectivity index (χ2v) is 6.75. The fourth-order valence-corrected chi connectivity index (χ4v) is 2.81. The number of rotatable bonds is 3. The van der Waals surface area contributed by atoms with E-state index in [0.717, 1.165) is 12.8 Å². The summed E-state index contributed by atoms with van der Waals surface area (Å²) < 4.78 is 10.5. The molecule has 0 aromatic heterocycles. The van der Waals surface area contributed by atoms with Crippen LogP contribution in [0.4, 0.5) is 4.79 Å². The van der Waals surface area contributed by atoms with Crippen LogP contribution in [0.25, 0.3) is 0 Å². The molecule has 0 unspecified atom stereocenters. The van der Waals surface area contributed by atoms with E-state index in [-0.39, 0.29) is 23.9 Å². The first-order valence-corrected chi connectivity index (χ1v) is 7.46. The molecule has 0 radical (unpaired) electrons. The third-order valence-corrected chi connectivity index (χ3v) is 3.83. The van der Waals surface area contributed by atoms with Crippen molar-refractivity contribution in [2.75, 3.05) is 19.7 Å². The molecule has 1 amide bonds. The van der Waals surface area contributed by atoms with Crippen LogP contribution < -0.4 is 0 Å². The van der Waals surface area contributed by atoms with Gasteiger partial charge in [0.2, 0.25) is 0 Å². The molecule has 1 saturated carbocycles. The van der Waals surface area contributed by atoms with Crippen LogP contribution in [0.15, 0.2) is 0 Å². The molecule has 1 saturated heterocycles. The standard InChI is InChI=1S/C15H25NO4/c1-5-19-13(17)12-9-16(8-11(12)10-6-7-10)14(18)20-15(2,3)4/h10-12H,5-9H2,1-4H3/t11-,12+/m0/s1. The predicted octanol–water partition coefficient (Wildman–Crippen LogP) is 2.44. The van der Waals surface area contributed by atoms with E-state index in [1.54, 1.807) is 4.90 Å². The molecule has 2 rings (SSSR count). The van der Waals surface area contributed by atoms with Gasteiger partial charge in [0, 0.05) is 13.1 Å². The maximum atomic E-state index is 12.1. The molecule has 0 bridgehead atoms. The minimum Gasteiger partial charge on any atom is -0.466 e. The van der Waals surface area contributed by atoms with E-state index in [0.29, 0.717) is 25.6 Å². The summed E-state index contributed by atoms with van der Waals surface area (Å²) in [5, 5.41) is 0. The molecule has 1 aliphatic carbocycles. The third-order valence-electron chi connectivity index (χ3n) is 3.83. The number of ether oxygens (including phenoxy) is 2. The Bertz CT molecular complexity index is 384. The number of nitrogens with zero attached hydrogens (tertiary/aromatic N) is 1. The first kappa shape index (κ1) is 15.1. The second kappa shape index (κ2) is 5.62. The van der Waals surface area contributed by atoms with Gasteiger partial charge in [-0.15, -0.1) is 0 Å². The van der Waals surface area contributed by atoms with E-state index in [9.17, 15) is 9.59 Å². The molecular weight excluding hydrogens is 258 g/mol. The van der Waals surface area contributed by atoms with Gasteiger partial charge < -0.3 is 14.4 Å². The summed E-state index contributed by atoms with van der Waals surface area (Å²) in [7, 11) is 0. The molecule has 1 heterocycles. The number of likely N-dealkylation sites (tertiary alicyclic amines) is 1. The number of carbonyl (C=O) groups is 2. The van der Waals surface area contributed by atoms with Crippen molar-refractivity contribution >= 4 is 12.1 Å². The summed E-state index contributed by atoms with van der Waals surface area (Å²) in [6, 6.07) is 0. The van der Waals surface area contributed by atoms with Crippen LogP contribution in [0.2, 0.25) is 0 Å². The number of amides is 1. The molecule has 0 aromatic carbocycles. The Hall–Kier alpha value is -1.26. The number of esters is 1. The fourth-order valence-electron chi connectivity index (χ4n) is 2.81. The smallest absolute Gasteiger partial charge is 0.410 e. The van der Waals surface area contributed by atoms with Gasteiger partial charge in [0.25, 0.3) is 0 Å². The largest absolute Gasteiger partial charge is 0.466 e. The molecular formula is C15H25NO4. The van der Waals surface area contributed by atoms with E-state index < -0.39 is 5.60 Å². The fraction of sp³-hybridized carbons (Fsp3) is 0.867. The number of hydrogen-bond donors (Lipinski definition) is 0. The first-order chi connectivity index (χ1) is 9.31. The Labute approximate surface area is 120 Å². The molecule has 1 aliphatic heterocycles. The van der Waals surface area contributed by atoms with Gasteiger partial charge in [-0.1, -0.05) is 0 Å². The summed E-state index contributed by atoms with van der Waals surface area (Å²) in [4.78, 5) is 25.8. The van der Waals surface area contributed by atoms with Crippen molar-refractivity contribution in [1.29, 1.82) is 0 Å². The summed E-state index contributed by atoms with van der Waals surface area (Å²) in [6.45, 7) is 8.79. The SMILES string of the molecule is CCOC(=O)[C@@H]1CN(C(=O)OC(C)(C)C)C[C@H]1C1CC1. The van der Waals surface area contributed by atoms with Crippen molar-refractivity contribution in [2.24, 2.45) is 17.8 Å². The Morgan fingerprint density at radius 3 is 2.35 bits per heavy atom. The zero-order valence-corrected chi connectivity index (χ0v) is 12.8. The van der Waals surface area contributed by atoms with Crippen molar-refractivity contribution in [3.8, 4) is 0 Å². The average molecular weight is 283 g/mol. The second-order valence-electron chi connectivity index (χ2n) is 6.75. The molecule has 2 aliphatic rings. The van der Waals surface area contributed by atoms with Crippen molar-refractivity contribution in [3.05, 3.63) is 0 Å². The molecule has 20 heavy (non-hydrogen) atoms. The highest BCUT2D eigenvalue weighted by Crippen LogP contribution is 2.44. The van der Waals surface area contributed by atoms with Gasteiger partial charge in [-0.2, -0.15) is 0 Å². The van der Waals surface area contributed by atoms with Gasteiger partial charge in [-0.25, -0.2) is 4.79 Å². The maximum Gasteiger partial charge on any atom is 0.410 e. The van der Waals surface area contributed by atoms with Crippen molar-refractivity contribution in [1.82, 2.24) is 4.90 Å². The Morgan fingerprint density at radius 2 is 1.85 bits per heavy atom. The Morgan fingerprint density at radius 1 is 1.20 bits per heavy atom. The van der Waals surface area contributed by atoms with E-state index in [1.165, 1.54) is 0 Å². The lowest BCUT2D eigenvalue weighted by Crippen LogP contribution is -2.36. The lowest BCUT2D eigenvalue weighted by atomic mass is 9.92. The van der Waals surface area contributed by atoms with Crippen LogP contribution in [0.3, 0.4) is 0 Å². The summed E-state index contributed by atoms with van der Waals surface area (Å²) in [6.07, 6.45) is 1.99. The Kier molecular flexibility index (Phi) is 4.25. The van der Waals surface area contributed by atoms with E-state index in [1.807, 2.05) is 27.7 Å². The molecule has 0 aromatic rings. The zero-order valence-electron chi connectivity index (χ0n) is 12.8. The topological polar surface area (TPSA) is 55.8 Å². The van der Waals surface area contributed by atoms with E-state index >= 15 is 0 Å². The van der Waals surface area contributed by atoms with E-state index in [4.69, 9.17) is 9.47 Å². The molecule has 5 heteroatoms. The van der Waals surface area contributed by atoms with Gasteiger partial charge in [0.15, 0.2) is 0 Å². The molecule has 2 fully saturated rings. The Balaban J connectivity index is 2.00. The van der Waals surface area contributed by atoms with Crippen LogP contribution >= 0.6 is 0 Å². The van der Waals surface area contributed by atoms with Crippen LogP contribution in [0.5, 0.6) is 0 Å². The average Bonchev–Trinajstić information content (AvgIpc) is 3.06. The van der Waals surface area contributed by atoms with Crippen LogP contribution in [-0.4, -0.2) is 42.3 Å². The molecule has 0 N–H and O–H groups in total. The van der Waals surface area contributed by atoms with Crippen LogP contribution in [0.1, 0.15) is 40.5 Å². The normalized spacial score (nSPS) is 26.5. The summed E-state index contributed by atoms with van der Waals surface area (Å²) in [5.41, 5.74) is -0.506. The first-order valence-electron chi connectivity index (χ1n) is 7.46. The van der Waals surface area contributed by atoms with E-state index in [2.05, 4.69) is 0 Å². The number of carbonyl (C=O) groups excluding carboxylic acids is 2. The predicted molar refractivity (Wildman–Crippen MR) is 74.1 cm³/mol.